The second-order valence-electron chi connectivity index (χ2n) is 3.58. The van der Waals surface area contributed by atoms with E-state index in [1.165, 1.54) is 0 Å². The highest BCUT2D eigenvalue weighted by Crippen LogP contribution is 2.23. The molecule has 1 nitrogen and oxygen atoms in total. The first kappa shape index (κ1) is 7.99. The smallest absolute Gasteiger partial charge is 0.114 e. The quantitative estimate of drug-likeness (QED) is 0.542. The predicted octanol–water partition coefficient (Wildman–Crippen LogP) is 1.68. The first-order chi connectivity index (χ1) is 4.61. The molecule has 2 atom stereocenters. The number of nitrogens with zero attached hydrogens (tertiary/aromatic N) is 1. The first-order valence-corrected chi connectivity index (χ1v) is 3.95. The van der Waals surface area contributed by atoms with E-state index in [-0.39, 0.29) is 0 Å². The third kappa shape index (κ3) is 1.48. The molecule has 1 saturated heterocycles. The van der Waals surface area contributed by atoms with Gasteiger partial charge in [-0.1, -0.05) is 13.8 Å². The van der Waals surface area contributed by atoms with Crippen LogP contribution in [0.15, 0.2) is 0 Å². The number of likely N-dealkylation sites (tertiary alicyclic amines) is 1. The largest absolute Gasteiger partial charge is 0.300 e. The molecule has 1 rings (SSSR count). The van der Waals surface area contributed by atoms with Gasteiger partial charge >= 0.3 is 0 Å². The Labute approximate surface area is 62.2 Å². The van der Waals surface area contributed by atoms with Crippen LogP contribution in [0, 0.1) is 5.92 Å². The summed E-state index contributed by atoms with van der Waals surface area (Å²) in [7, 11) is 2.00. The molecule has 0 aliphatic carbocycles. The minimum absolute atomic E-state index is 0.468. The van der Waals surface area contributed by atoms with Gasteiger partial charge in [0.2, 0.25) is 0 Å². The molecule has 1 heterocycles. The normalized spacial score (nSPS) is 35.7. The van der Waals surface area contributed by atoms with Gasteiger partial charge in [0.05, 0.1) is 0 Å². The minimum atomic E-state index is -0.586. The molecular weight excluding hydrogens is 129 g/mol. The zero-order valence-corrected chi connectivity index (χ0v) is 6.97. The third-order valence-corrected chi connectivity index (χ3v) is 2.32. The van der Waals surface area contributed by atoms with E-state index in [4.69, 9.17) is 0 Å². The van der Waals surface area contributed by atoms with Crippen LogP contribution in [-0.4, -0.2) is 30.7 Å². The maximum Gasteiger partial charge on any atom is 0.114 e. The van der Waals surface area contributed by atoms with Crippen LogP contribution in [0.5, 0.6) is 0 Å². The summed E-state index contributed by atoms with van der Waals surface area (Å²) in [6.45, 7) is 4.93. The van der Waals surface area contributed by atoms with E-state index in [1.54, 1.807) is 0 Å². The first-order valence-electron chi connectivity index (χ1n) is 3.95. The summed E-state index contributed by atoms with van der Waals surface area (Å²) in [5.74, 6) is 0.589. The van der Waals surface area contributed by atoms with Crippen LogP contribution in [-0.2, 0) is 0 Å². The summed E-state index contributed by atoms with van der Waals surface area (Å²) in [6, 6.07) is 0.468. The van der Waals surface area contributed by atoms with E-state index in [2.05, 4.69) is 18.7 Å². The summed E-state index contributed by atoms with van der Waals surface area (Å²) in [5.41, 5.74) is 0. The summed E-state index contributed by atoms with van der Waals surface area (Å²) < 4.78 is 12.7. The van der Waals surface area contributed by atoms with Gasteiger partial charge in [-0.3, -0.25) is 0 Å². The lowest BCUT2D eigenvalue weighted by atomic mass is 10.0. The highest BCUT2D eigenvalue weighted by atomic mass is 19.1. The van der Waals surface area contributed by atoms with Crippen molar-refractivity contribution in [1.29, 1.82) is 0 Å². The van der Waals surface area contributed by atoms with E-state index in [1.807, 2.05) is 7.05 Å². The number of halogens is 1. The Morgan fingerprint density at radius 1 is 1.50 bits per heavy atom. The van der Waals surface area contributed by atoms with Crippen molar-refractivity contribution in [1.82, 2.24) is 4.90 Å². The van der Waals surface area contributed by atoms with E-state index in [0.717, 1.165) is 6.42 Å². The Bertz CT molecular complexity index is 114. The molecule has 0 radical (unpaired) electrons. The molecule has 0 aromatic carbocycles. The van der Waals surface area contributed by atoms with Gasteiger partial charge in [-0.15, -0.1) is 0 Å². The highest BCUT2D eigenvalue weighted by molar-refractivity contribution is 4.84. The zero-order chi connectivity index (χ0) is 7.72. The van der Waals surface area contributed by atoms with Gasteiger partial charge in [0.1, 0.15) is 6.17 Å². The van der Waals surface area contributed by atoms with Crippen molar-refractivity contribution in [2.75, 3.05) is 13.6 Å². The third-order valence-electron chi connectivity index (χ3n) is 2.32. The number of hydrogen-bond donors (Lipinski definition) is 0. The number of rotatable bonds is 1. The molecule has 2 heteroatoms. The van der Waals surface area contributed by atoms with Gasteiger partial charge in [-0.25, -0.2) is 4.39 Å². The lowest BCUT2D eigenvalue weighted by molar-refractivity contribution is 0.248. The Morgan fingerprint density at radius 3 is 2.30 bits per heavy atom. The van der Waals surface area contributed by atoms with E-state index < -0.39 is 6.17 Å². The lowest BCUT2D eigenvalue weighted by Gasteiger charge is -2.22. The lowest BCUT2D eigenvalue weighted by Crippen LogP contribution is -2.29. The standard InChI is InChI=1S/C8H16FN/c1-6(2)8-4-7(9)5-10(8)3/h6-8H,4-5H2,1-3H3/t7?,8-/m0/s1. The van der Waals surface area contributed by atoms with Gasteiger partial charge < -0.3 is 4.90 Å². The van der Waals surface area contributed by atoms with Gasteiger partial charge in [0.25, 0.3) is 0 Å². The molecule has 10 heavy (non-hydrogen) atoms. The van der Waals surface area contributed by atoms with Crippen LogP contribution >= 0.6 is 0 Å². The minimum Gasteiger partial charge on any atom is -0.300 e. The van der Waals surface area contributed by atoms with Crippen LogP contribution < -0.4 is 0 Å². The fourth-order valence-corrected chi connectivity index (χ4v) is 1.75. The highest BCUT2D eigenvalue weighted by Gasteiger charge is 2.30. The van der Waals surface area contributed by atoms with Crippen molar-refractivity contribution in [3.05, 3.63) is 0 Å². The van der Waals surface area contributed by atoms with Gasteiger partial charge in [-0.05, 0) is 19.4 Å². The molecule has 0 aromatic rings. The molecule has 1 fully saturated rings. The number of hydrogen-bond acceptors (Lipinski definition) is 1. The van der Waals surface area contributed by atoms with Crippen molar-refractivity contribution in [3.8, 4) is 0 Å². The average molecular weight is 145 g/mol. The van der Waals surface area contributed by atoms with Crippen LogP contribution in [0.4, 0.5) is 4.39 Å². The monoisotopic (exact) mass is 145 g/mol. The molecule has 0 N–H and O–H groups in total. The molecule has 0 saturated carbocycles. The van der Waals surface area contributed by atoms with E-state index in [9.17, 15) is 4.39 Å². The Kier molecular flexibility index (Phi) is 2.29. The number of alkyl halides is 1. The van der Waals surface area contributed by atoms with E-state index in [0.29, 0.717) is 18.5 Å². The second-order valence-corrected chi connectivity index (χ2v) is 3.58. The second kappa shape index (κ2) is 2.87. The maximum atomic E-state index is 12.7. The molecule has 1 aliphatic heterocycles. The van der Waals surface area contributed by atoms with Gasteiger partial charge in [-0.2, -0.15) is 0 Å². The maximum absolute atomic E-state index is 12.7. The van der Waals surface area contributed by atoms with Crippen LogP contribution in [0.3, 0.4) is 0 Å². The molecular formula is C8H16FN. The van der Waals surface area contributed by atoms with Crippen LogP contribution in [0.2, 0.25) is 0 Å². The van der Waals surface area contributed by atoms with Gasteiger partial charge in [0, 0.05) is 12.6 Å². The Morgan fingerprint density at radius 2 is 2.10 bits per heavy atom. The van der Waals surface area contributed by atoms with E-state index >= 15 is 0 Å². The molecule has 0 amide bonds. The fraction of sp³-hybridized carbons (Fsp3) is 1.00. The van der Waals surface area contributed by atoms with Crippen molar-refractivity contribution < 1.29 is 4.39 Å². The molecule has 1 unspecified atom stereocenters. The topological polar surface area (TPSA) is 3.24 Å². The summed E-state index contributed by atoms with van der Waals surface area (Å²) in [6.07, 6.45) is 0.145. The zero-order valence-electron chi connectivity index (χ0n) is 6.97. The molecule has 0 spiro atoms. The summed E-state index contributed by atoms with van der Waals surface area (Å²) in [5, 5.41) is 0. The van der Waals surface area contributed by atoms with Gasteiger partial charge in [0.15, 0.2) is 0 Å². The van der Waals surface area contributed by atoms with Crippen molar-refractivity contribution in [2.45, 2.75) is 32.5 Å². The SMILES string of the molecule is CC(C)[C@@H]1CC(F)CN1C. The molecule has 0 bridgehead atoms. The fourth-order valence-electron chi connectivity index (χ4n) is 1.75. The average Bonchev–Trinajstić information content (AvgIpc) is 2.10. The predicted molar refractivity (Wildman–Crippen MR) is 40.8 cm³/mol. The van der Waals surface area contributed by atoms with Crippen molar-refractivity contribution in [3.63, 3.8) is 0 Å². The summed E-state index contributed by atoms with van der Waals surface area (Å²) in [4.78, 5) is 2.12. The molecule has 1 aliphatic rings. The van der Waals surface area contributed by atoms with Crippen LogP contribution in [0.25, 0.3) is 0 Å². The van der Waals surface area contributed by atoms with Crippen LogP contribution in [0.1, 0.15) is 20.3 Å². The Hall–Kier alpha value is -0.110. The molecule has 0 aromatic heterocycles. The molecule has 60 valence electrons. The Balaban J connectivity index is 2.46. The van der Waals surface area contributed by atoms with Crippen molar-refractivity contribution in [2.24, 2.45) is 5.92 Å². The van der Waals surface area contributed by atoms with Crippen molar-refractivity contribution >= 4 is 0 Å². The summed E-state index contributed by atoms with van der Waals surface area (Å²) >= 11 is 0.